The molecule has 0 bridgehead atoms. The van der Waals surface area contributed by atoms with Gasteiger partial charge in [0.1, 0.15) is 11.0 Å². The topological polar surface area (TPSA) is 182 Å². The number of pyridine rings is 3. The van der Waals surface area contributed by atoms with E-state index in [2.05, 4.69) is 280 Å². The van der Waals surface area contributed by atoms with Gasteiger partial charge in [0.05, 0.1) is 46.5 Å². The lowest BCUT2D eigenvalue weighted by Gasteiger charge is -2.07. The van der Waals surface area contributed by atoms with Gasteiger partial charge in [0.15, 0.2) is 0 Å². The first-order valence-electron chi connectivity index (χ1n) is 32.1. The highest BCUT2D eigenvalue weighted by Gasteiger charge is 2.10. The number of hydrogen-bond acceptors (Lipinski definition) is 8. The van der Waals surface area contributed by atoms with Crippen molar-refractivity contribution in [2.75, 3.05) is 0 Å². The summed E-state index contributed by atoms with van der Waals surface area (Å²) < 4.78 is 0. The van der Waals surface area contributed by atoms with Crippen LogP contribution in [-0.4, -0.2) is 65.7 Å². The maximum absolute atomic E-state index is 4.41. The second-order valence-electron chi connectivity index (χ2n) is 25.0. The van der Waals surface area contributed by atoms with E-state index < -0.39 is 0 Å². The summed E-state index contributed by atoms with van der Waals surface area (Å²) in [5.74, 6) is 4.41. The average molecular weight is 1210 g/mol. The van der Waals surface area contributed by atoms with Crippen LogP contribution in [0, 0.1) is 0 Å². The summed E-state index contributed by atoms with van der Waals surface area (Å²) in [4.78, 5) is 23.1. The summed E-state index contributed by atoms with van der Waals surface area (Å²) in [6.45, 7) is 34.9. The molecule has 0 spiro atoms. The van der Waals surface area contributed by atoms with Gasteiger partial charge in [-0.3, -0.25) is 25.1 Å². The molecule has 8 heterocycles. The van der Waals surface area contributed by atoms with Crippen LogP contribution >= 0.6 is 0 Å². The number of benzene rings is 6. The quantitative estimate of drug-likeness (QED) is 0.0996. The van der Waals surface area contributed by atoms with Gasteiger partial charge < -0.3 is 9.97 Å². The van der Waals surface area contributed by atoms with Crippen LogP contribution in [0.3, 0.4) is 0 Å². The summed E-state index contributed by atoms with van der Waals surface area (Å²) in [6, 6.07) is 54.0. The van der Waals surface area contributed by atoms with Crippen LogP contribution in [0.2, 0.25) is 0 Å². The molecule has 0 amide bonds. The highest BCUT2D eigenvalue weighted by molar-refractivity contribution is 5.86. The minimum Gasteiger partial charge on any atom is -0.361 e. The Balaban J connectivity index is 0.000000148. The predicted molar refractivity (Wildman–Crippen MR) is 383 cm³/mol. The predicted octanol–water partition coefficient (Wildman–Crippen LogP) is 21.2. The molecule has 91 heavy (non-hydrogen) atoms. The number of aromatic nitrogens is 13. The van der Waals surface area contributed by atoms with Gasteiger partial charge in [0, 0.05) is 63.7 Å². The number of fused-ring (bicyclic) bond motifs is 6. The molecule has 5 N–H and O–H groups in total. The fourth-order valence-electron chi connectivity index (χ4n) is 10.5. The molecule has 0 fully saturated rings. The Morgan fingerprint density at radius 3 is 1.55 bits per heavy atom. The summed E-state index contributed by atoms with van der Waals surface area (Å²) >= 11 is 0. The third-order valence-corrected chi connectivity index (χ3v) is 15.5. The van der Waals surface area contributed by atoms with Crippen molar-refractivity contribution < 1.29 is 0 Å². The third kappa shape index (κ3) is 19.4. The molecule has 13 nitrogen and oxygen atoms in total. The van der Waals surface area contributed by atoms with E-state index in [1.807, 2.05) is 98.0 Å². The number of nitrogens with zero attached hydrogens (tertiary/aromatic N) is 8. The first kappa shape index (κ1) is 68.9. The Bertz CT molecular complexity index is 3850. The molecule has 0 saturated heterocycles. The fourth-order valence-corrected chi connectivity index (χ4v) is 10.5. The first-order chi connectivity index (χ1) is 43.8. The van der Waals surface area contributed by atoms with Gasteiger partial charge >= 0.3 is 0 Å². The summed E-state index contributed by atoms with van der Waals surface area (Å²) in [5.41, 5.74) is 18.1. The van der Waals surface area contributed by atoms with Crippen LogP contribution in [0.15, 0.2) is 207 Å². The van der Waals surface area contributed by atoms with Gasteiger partial charge in [-0.25, -0.2) is 4.98 Å². The van der Waals surface area contributed by atoms with E-state index in [0.717, 1.165) is 33.3 Å². The second kappa shape index (κ2) is 34.4. The van der Waals surface area contributed by atoms with Crippen molar-refractivity contribution >= 4 is 65.5 Å². The van der Waals surface area contributed by atoms with Crippen LogP contribution in [0.1, 0.15) is 203 Å². The molecule has 13 heteroatoms. The van der Waals surface area contributed by atoms with Crippen LogP contribution in [0.4, 0.5) is 0 Å². The Morgan fingerprint density at radius 1 is 0.341 bits per heavy atom. The maximum Gasteiger partial charge on any atom is 0.116 e. The van der Waals surface area contributed by atoms with E-state index >= 15 is 0 Å². The van der Waals surface area contributed by atoms with Crippen LogP contribution in [0.5, 0.6) is 0 Å². The molecule has 14 aromatic rings. The largest absolute Gasteiger partial charge is 0.361 e. The van der Waals surface area contributed by atoms with Crippen molar-refractivity contribution in [1.29, 1.82) is 0 Å². The van der Waals surface area contributed by atoms with E-state index in [0.29, 0.717) is 47.3 Å². The Hall–Kier alpha value is -9.62. The van der Waals surface area contributed by atoms with Crippen LogP contribution in [-0.2, 0) is 0 Å². The van der Waals surface area contributed by atoms with Gasteiger partial charge in [-0.2, -0.15) is 25.6 Å². The van der Waals surface area contributed by atoms with Gasteiger partial charge in [-0.1, -0.05) is 208 Å². The van der Waals surface area contributed by atoms with Gasteiger partial charge in [-0.05, 0) is 147 Å². The maximum atomic E-state index is 4.41. The molecule has 0 unspecified atom stereocenters. The van der Waals surface area contributed by atoms with Crippen molar-refractivity contribution in [2.24, 2.45) is 0 Å². The normalized spacial score (nSPS) is 11.0. The lowest BCUT2D eigenvalue weighted by molar-refractivity contribution is 0.823. The number of H-pyrrole nitrogens is 5. The summed E-state index contributed by atoms with van der Waals surface area (Å²) in [6.07, 6.45) is 14.9. The standard InChI is InChI=1S/C12H13N.C11H13N.3C10H12N2.C9H11N3.2C8H11N/c1-9(2)12-11-6-4-3-5-10(11)7-8-13-12;1-8(2)9-4-3-5-11-10(9)6-7-12-11;1-7(2)8-4-3-5-10-9(8)6-11-12-10;1-7(2)8-4-3-5-9-10(8)12-6-11-9;1-7(2)9-5-3-4-8-6-11-12-10(8)9;1-6(2)7-4-3-5-8-9(7)11-12-10-8;1-7(2)8-3-5-9-6-4-8;1-7(2)8-5-3-4-6-9-8/h3-9H,1-2H3;3-8,12H,1-2H3;3*3-7H,1-2H3,(H,11,12);3-6H,1-2H3,(H,10,11,12);2*3-7H,1-2H3. The lowest BCUT2D eigenvalue weighted by atomic mass is 10.00. The van der Waals surface area contributed by atoms with Crippen molar-refractivity contribution in [2.45, 2.75) is 158 Å². The smallest absolute Gasteiger partial charge is 0.116 e. The monoisotopic (exact) mass is 1210 g/mol. The van der Waals surface area contributed by atoms with E-state index in [1.54, 1.807) is 6.33 Å². The SMILES string of the molecule is CC(C)c1cccc2[nH]ccc12.CC(C)c1cccc2[nH]cnc12.CC(C)c1cccc2[nH]ncc12.CC(C)c1cccc2cn[nH]c12.CC(C)c1cccc2n[nH]nc12.CC(C)c1ccccn1.CC(C)c1ccncc1.CC(C)c1nccc2ccccc12. The molecule has 0 atom stereocenters. The molecule has 8 aromatic heterocycles. The molecule has 0 aliphatic carbocycles. The Labute approximate surface area is 538 Å². The fraction of sp³-hybridized carbons (Fsp3) is 0.308. The van der Waals surface area contributed by atoms with Gasteiger partial charge in [0.2, 0.25) is 0 Å². The molecule has 0 aliphatic heterocycles. The van der Waals surface area contributed by atoms with Crippen molar-refractivity contribution in [1.82, 2.24) is 65.7 Å². The number of nitrogens with one attached hydrogen (secondary N) is 5. The molecule has 0 aliphatic rings. The van der Waals surface area contributed by atoms with Gasteiger partial charge in [0.25, 0.3) is 0 Å². The molecule has 472 valence electrons. The minimum atomic E-state index is 0.492. The van der Waals surface area contributed by atoms with Crippen molar-refractivity contribution in [3.63, 3.8) is 0 Å². The zero-order valence-electron chi connectivity index (χ0n) is 56.3. The molecular formula is C78H95N13. The number of para-hydroxylation sites is 3. The Morgan fingerprint density at radius 2 is 0.923 bits per heavy atom. The highest BCUT2D eigenvalue weighted by Crippen LogP contribution is 2.28. The van der Waals surface area contributed by atoms with Crippen LogP contribution < -0.4 is 0 Å². The van der Waals surface area contributed by atoms with E-state index in [9.17, 15) is 0 Å². The van der Waals surface area contributed by atoms with Gasteiger partial charge in [-0.15, -0.1) is 0 Å². The number of hydrogen-bond donors (Lipinski definition) is 5. The van der Waals surface area contributed by atoms with E-state index in [4.69, 9.17) is 0 Å². The van der Waals surface area contributed by atoms with Crippen molar-refractivity contribution in [3.05, 3.63) is 252 Å². The molecule has 0 saturated carbocycles. The molecule has 14 rings (SSSR count). The number of imidazole rings is 1. The zero-order valence-corrected chi connectivity index (χ0v) is 56.3. The Kier molecular flexibility index (Phi) is 26.0. The van der Waals surface area contributed by atoms with Crippen LogP contribution in [0.25, 0.3) is 65.5 Å². The van der Waals surface area contributed by atoms with E-state index in [1.165, 1.54) is 77.0 Å². The third-order valence-electron chi connectivity index (χ3n) is 15.5. The van der Waals surface area contributed by atoms with Crippen molar-refractivity contribution in [3.8, 4) is 0 Å². The number of aromatic amines is 5. The van der Waals surface area contributed by atoms with E-state index in [-0.39, 0.29) is 0 Å². The molecular weight excluding hydrogens is 1120 g/mol. The molecule has 6 aromatic carbocycles. The second-order valence-corrected chi connectivity index (χ2v) is 25.0. The zero-order chi connectivity index (χ0) is 65.4. The lowest BCUT2D eigenvalue weighted by Crippen LogP contribution is -1.92. The first-order valence-corrected chi connectivity index (χ1v) is 32.1. The number of rotatable bonds is 8. The average Bonchev–Trinajstić information content (AvgIpc) is 3.27. The highest BCUT2D eigenvalue weighted by atomic mass is 15.3. The summed E-state index contributed by atoms with van der Waals surface area (Å²) in [5, 5.41) is 31.1. The minimum absolute atomic E-state index is 0.492. The molecule has 0 radical (unpaired) electrons. The summed E-state index contributed by atoms with van der Waals surface area (Å²) in [7, 11) is 0.